The van der Waals surface area contributed by atoms with E-state index in [-0.39, 0.29) is 0 Å². The molecule has 1 N–H and O–H groups in total. The molecule has 0 spiro atoms. The Labute approximate surface area is 141 Å². The van der Waals surface area contributed by atoms with Crippen molar-refractivity contribution in [1.29, 1.82) is 0 Å². The predicted octanol–water partition coefficient (Wildman–Crippen LogP) is 5.21. The van der Waals surface area contributed by atoms with E-state index in [2.05, 4.69) is 15.9 Å². The molecule has 2 aromatic rings. The molecule has 0 fully saturated rings. The third kappa shape index (κ3) is 3.01. The number of allylic oxidation sites excluding steroid dienone is 2. The fourth-order valence-electron chi connectivity index (χ4n) is 2.58. The van der Waals surface area contributed by atoms with Crippen LogP contribution >= 0.6 is 27.5 Å². The number of aliphatic carboxylic acids is 1. The van der Waals surface area contributed by atoms with Gasteiger partial charge < -0.3 is 5.11 Å². The van der Waals surface area contributed by atoms with Crippen molar-refractivity contribution >= 4 is 45.1 Å². The molecule has 2 nitrogen and oxygen atoms in total. The minimum Gasteiger partial charge on any atom is -0.478 e. The lowest BCUT2D eigenvalue weighted by Gasteiger charge is -2.01. The minimum atomic E-state index is -0.892. The Balaban J connectivity index is 1.97. The zero-order chi connectivity index (χ0) is 15.7. The Bertz CT molecular complexity index is 804. The molecule has 0 unspecified atom stereocenters. The van der Waals surface area contributed by atoms with Crippen molar-refractivity contribution in [2.45, 2.75) is 6.42 Å². The highest BCUT2D eigenvalue weighted by atomic mass is 79.9. The smallest absolute Gasteiger partial charge is 0.336 e. The van der Waals surface area contributed by atoms with Gasteiger partial charge in [-0.2, -0.15) is 0 Å². The standard InChI is InChI=1S/C18H12BrClO2/c19-14-5-8-16-13(10-14)9-12(17(16)18(21)22)4-1-11-2-6-15(20)7-3-11/h1-8,10H,9H2,(H,21,22)/b4-1+. The van der Waals surface area contributed by atoms with Gasteiger partial charge in [0.25, 0.3) is 0 Å². The second kappa shape index (κ2) is 6.11. The Kier molecular flexibility index (Phi) is 4.19. The summed E-state index contributed by atoms with van der Waals surface area (Å²) in [6.07, 6.45) is 4.41. The number of halogens is 2. The van der Waals surface area contributed by atoms with Crippen LogP contribution in [0.25, 0.3) is 11.6 Å². The quantitative estimate of drug-likeness (QED) is 0.799. The summed E-state index contributed by atoms with van der Waals surface area (Å²) in [5.41, 5.74) is 4.01. The third-order valence-corrected chi connectivity index (χ3v) is 4.34. The van der Waals surface area contributed by atoms with Crippen LogP contribution in [0.2, 0.25) is 5.02 Å². The molecule has 0 radical (unpaired) electrons. The summed E-state index contributed by atoms with van der Waals surface area (Å²) in [6.45, 7) is 0. The number of fused-ring (bicyclic) bond motifs is 1. The summed E-state index contributed by atoms with van der Waals surface area (Å²) >= 11 is 9.29. The maximum absolute atomic E-state index is 11.6. The van der Waals surface area contributed by atoms with Crippen molar-refractivity contribution in [2.75, 3.05) is 0 Å². The lowest BCUT2D eigenvalue weighted by molar-refractivity contribution is -0.130. The fourth-order valence-corrected chi connectivity index (χ4v) is 3.12. The molecule has 4 heteroatoms. The molecule has 22 heavy (non-hydrogen) atoms. The summed E-state index contributed by atoms with van der Waals surface area (Å²) in [5, 5.41) is 10.2. The van der Waals surface area contributed by atoms with E-state index in [0.29, 0.717) is 17.0 Å². The van der Waals surface area contributed by atoms with E-state index in [0.717, 1.165) is 26.7 Å². The van der Waals surface area contributed by atoms with E-state index >= 15 is 0 Å². The molecule has 0 aromatic heterocycles. The van der Waals surface area contributed by atoms with Crippen LogP contribution in [0, 0.1) is 0 Å². The number of benzene rings is 2. The maximum atomic E-state index is 11.6. The van der Waals surface area contributed by atoms with Gasteiger partial charge in [0.2, 0.25) is 0 Å². The number of hydrogen-bond acceptors (Lipinski definition) is 1. The molecule has 0 heterocycles. The molecule has 110 valence electrons. The topological polar surface area (TPSA) is 37.3 Å². The highest BCUT2D eigenvalue weighted by molar-refractivity contribution is 9.10. The second-order valence-corrected chi connectivity index (χ2v) is 6.42. The van der Waals surface area contributed by atoms with Crippen molar-refractivity contribution in [3.05, 3.63) is 80.3 Å². The predicted molar refractivity (Wildman–Crippen MR) is 92.9 cm³/mol. The number of carboxylic acids is 1. The van der Waals surface area contributed by atoms with Crippen LogP contribution in [0.5, 0.6) is 0 Å². The van der Waals surface area contributed by atoms with Crippen LogP contribution in [0.15, 0.2) is 58.6 Å². The lowest BCUT2D eigenvalue weighted by atomic mass is 10.1. The van der Waals surface area contributed by atoms with E-state index < -0.39 is 5.97 Å². The van der Waals surface area contributed by atoms with E-state index in [9.17, 15) is 9.90 Å². The van der Waals surface area contributed by atoms with Crippen LogP contribution in [0.4, 0.5) is 0 Å². The van der Waals surface area contributed by atoms with Crippen molar-refractivity contribution in [1.82, 2.24) is 0 Å². The zero-order valence-electron chi connectivity index (χ0n) is 11.5. The van der Waals surface area contributed by atoms with E-state index in [1.54, 1.807) is 0 Å². The Morgan fingerprint density at radius 1 is 1.14 bits per heavy atom. The van der Waals surface area contributed by atoms with Gasteiger partial charge in [-0.05, 0) is 52.9 Å². The number of hydrogen-bond donors (Lipinski definition) is 1. The van der Waals surface area contributed by atoms with E-state index in [1.807, 2.05) is 54.6 Å². The highest BCUT2D eigenvalue weighted by Crippen LogP contribution is 2.35. The van der Waals surface area contributed by atoms with Crippen LogP contribution in [-0.4, -0.2) is 11.1 Å². The first-order valence-electron chi connectivity index (χ1n) is 6.73. The summed E-state index contributed by atoms with van der Waals surface area (Å²) < 4.78 is 0.957. The molecular formula is C18H12BrClO2. The van der Waals surface area contributed by atoms with Gasteiger partial charge >= 0.3 is 5.97 Å². The first-order chi connectivity index (χ1) is 10.5. The summed E-state index contributed by atoms with van der Waals surface area (Å²) in [5.74, 6) is -0.892. The largest absolute Gasteiger partial charge is 0.478 e. The lowest BCUT2D eigenvalue weighted by Crippen LogP contribution is -1.99. The molecule has 3 rings (SSSR count). The van der Waals surface area contributed by atoms with Gasteiger partial charge in [-0.25, -0.2) is 4.79 Å². The average Bonchev–Trinajstić information content (AvgIpc) is 2.84. The van der Waals surface area contributed by atoms with Gasteiger partial charge in [0.1, 0.15) is 0 Å². The highest BCUT2D eigenvalue weighted by Gasteiger charge is 2.25. The Morgan fingerprint density at radius 3 is 2.55 bits per heavy atom. The van der Waals surface area contributed by atoms with E-state index in [1.165, 1.54) is 0 Å². The van der Waals surface area contributed by atoms with Crippen molar-refractivity contribution in [3.8, 4) is 0 Å². The SMILES string of the molecule is O=C(O)C1=C(/C=C/c2ccc(Cl)cc2)Cc2cc(Br)ccc21. The van der Waals surface area contributed by atoms with Crippen LogP contribution in [-0.2, 0) is 11.2 Å². The minimum absolute atomic E-state index is 0.382. The summed E-state index contributed by atoms with van der Waals surface area (Å²) in [4.78, 5) is 11.6. The fraction of sp³-hybridized carbons (Fsp3) is 0.0556. The molecule has 1 aliphatic carbocycles. The van der Waals surface area contributed by atoms with Gasteiger partial charge in [-0.3, -0.25) is 0 Å². The number of carbonyl (C=O) groups is 1. The molecular weight excluding hydrogens is 364 g/mol. The van der Waals surface area contributed by atoms with Crippen LogP contribution < -0.4 is 0 Å². The first kappa shape index (κ1) is 15.1. The van der Waals surface area contributed by atoms with Crippen LogP contribution in [0.3, 0.4) is 0 Å². The van der Waals surface area contributed by atoms with Crippen LogP contribution in [0.1, 0.15) is 16.7 Å². The monoisotopic (exact) mass is 374 g/mol. The summed E-state index contributed by atoms with van der Waals surface area (Å²) in [7, 11) is 0. The molecule has 0 bridgehead atoms. The number of rotatable bonds is 3. The maximum Gasteiger partial charge on any atom is 0.336 e. The van der Waals surface area contributed by atoms with Crippen molar-refractivity contribution in [3.63, 3.8) is 0 Å². The number of carboxylic acid groups (broad SMARTS) is 1. The Hall–Kier alpha value is -1.84. The molecule has 0 atom stereocenters. The zero-order valence-corrected chi connectivity index (χ0v) is 13.9. The molecule has 1 aliphatic rings. The summed E-state index contributed by atoms with van der Waals surface area (Å²) in [6, 6.07) is 13.1. The van der Waals surface area contributed by atoms with Gasteiger partial charge in [0, 0.05) is 9.50 Å². The van der Waals surface area contributed by atoms with Gasteiger partial charge in [-0.1, -0.05) is 57.9 Å². The van der Waals surface area contributed by atoms with Gasteiger partial charge in [0.05, 0.1) is 5.57 Å². The molecule has 0 aliphatic heterocycles. The normalized spacial score (nSPS) is 13.7. The first-order valence-corrected chi connectivity index (χ1v) is 7.90. The third-order valence-electron chi connectivity index (χ3n) is 3.60. The van der Waals surface area contributed by atoms with Gasteiger partial charge in [0.15, 0.2) is 0 Å². The van der Waals surface area contributed by atoms with E-state index in [4.69, 9.17) is 11.6 Å². The molecule has 0 saturated carbocycles. The molecule has 2 aromatic carbocycles. The molecule has 0 amide bonds. The van der Waals surface area contributed by atoms with Crippen molar-refractivity contribution < 1.29 is 9.90 Å². The van der Waals surface area contributed by atoms with Gasteiger partial charge in [-0.15, -0.1) is 0 Å². The second-order valence-electron chi connectivity index (χ2n) is 5.07. The van der Waals surface area contributed by atoms with Crippen molar-refractivity contribution in [2.24, 2.45) is 0 Å². The average molecular weight is 376 g/mol. The molecule has 0 saturated heterocycles. The Morgan fingerprint density at radius 2 is 1.86 bits per heavy atom.